The van der Waals surface area contributed by atoms with Crippen LogP contribution in [0.4, 0.5) is 0 Å². The van der Waals surface area contributed by atoms with Crippen LogP contribution in [-0.2, 0) is 0 Å². The number of rotatable bonds is 5. The van der Waals surface area contributed by atoms with Crippen LogP contribution < -0.4 is 5.32 Å². The topological polar surface area (TPSA) is 69.6 Å². The fourth-order valence-electron chi connectivity index (χ4n) is 4.19. The summed E-state index contributed by atoms with van der Waals surface area (Å²) in [6, 6.07) is 14.8. The first-order valence-electron chi connectivity index (χ1n) is 9.60. The molecule has 2 aliphatic rings. The highest BCUT2D eigenvalue weighted by molar-refractivity contribution is 6.04. The van der Waals surface area contributed by atoms with Gasteiger partial charge in [0.15, 0.2) is 0 Å². The first-order chi connectivity index (χ1) is 13.1. The minimum absolute atomic E-state index is 0.129. The van der Waals surface area contributed by atoms with Crippen molar-refractivity contribution < 1.29 is 14.7 Å². The molecule has 2 fully saturated rings. The molecule has 0 bridgehead atoms. The number of carbonyl (C=O) groups excluding carboxylic acids is 1. The van der Waals surface area contributed by atoms with Gasteiger partial charge in [0.25, 0.3) is 5.91 Å². The number of carbonyl (C=O) groups is 2. The summed E-state index contributed by atoms with van der Waals surface area (Å²) in [7, 11) is 0. The van der Waals surface area contributed by atoms with Crippen molar-refractivity contribution in [2.45, 2.75) is 37.8 Å². The van der Waals surface area contributed by atoms with Crippen molar-refractivity contribution in [2.75, 3.05) is 13.1 Å². The van der Waals surface area contributed by atoms with Crippen molar-refractivity contribution in [3.63, 3.8) is 0 Å². The van der Waals surface area contributed by atoms with Crippen molar-refractivity contribution >= 4 is 11.9 Å². The first kappa shape index (κ1) is 17.7. The van der Waals surface area contributed by atoms with Crippen LogP contribution in [0.25, 0.3) is 11.1 Å². The molecule has 2 N–H and O–H groups in total. The molecule has 0 spiro atoms. The number of likely N-dealkylation sites (tertiary alicyclic amines) is 1. The minimum Gasteiger partial charge on any atom is -0.478 e. The Kier molecular flexibility index (Phi) is 4.94. The van der Waals surface area contributed by atoms with Gasteiger partial charge in [0.1, 0.15) is 0 Å². The third-order valence-electron chi connectivity index (χ3n) is 5.72. The van der Waals surface area contributed by atoms with Gasteiger partial charge in [-0.25, -0.2) is 4.79 Å². The van der Waals surface area contributed by atoms with Crippen LogP contribution in [0.1, 0.15) is 46.4 Å². The molecule has 1 aliphatic heterocycles. The Labute approximate surface area is 159 Å². The van der Waals surface area contributed by atoms with Crippen LogP contribution in [-0.4, -0.2) is 47.1 Å². The quantitative estimate of drug-likeness (QED) is 0.853. The average molecular weight is 364 g/mol. The van der Waals surface area contributed by atoms with Crippen LogP contribution in [0.2, 0.25) is 0 Å². The Balaban J connectivity index is 1.50. The maximum Gasteiger partial charge on any atom is 0.336 e. The van der Waals surface area contributed by atoms with Gasteiger partial charge in [-0.05, 0) is 62.0 Å². The highest BCUT2D eigenvalue weighted by Crippen LogP contribution is 2.30. The molecule has 1 saturated carbocycles. The number of benzene rings is 2. The van der Waals surface area contributed by atoms with E-state index in [1.165, 1.54) is 25.9 Å². The number of carboxylic acid groups (broad SMARTS) is 1. The zero-order valence-electron chi connectivity index (χ0n) is 15.2. The standard InChI is InChI=1S/C22H24N2O3/c25-21(23-15-13-16(14-15)24-11-5-6-12-24)19-9-3-1-7-17(19)18-8-2-4-10-20(18)22(26)27/h1-4,7-10,15-16H,5-6,11-14H2,(H,23,25)(H,26,27). The van der Waals surface area contributed by atoms with Gasteiger partial charge in [-0.15, -0.1) is 0 Å². The van der Waals surface area contributed by atoms with E-state index in [4.69, 9.17) is 0 Å². The molecule has 4 rings (SSSR count). The van der Waals surface area contributed by atoms with E-state index in [-0.39, 0.29) is 17.5 Å². The third-order valence-corrected chi connectivity index (χ3v) is 5.72. The summed E-state index contributed by atoms with van der Waals surface area (Å²) in [5, 5.41) is 12.6. The number of amides is 1. The molecule has 5 heteroatoms. The molecule has 0 radical (unpaired) electrons. The third kappa shape index (κ3) is 3.60. The summed E-state index contributed by atoms with van der Waals surface area (Å²) in [6.07, 6.45) is 4.56. The molecule has 1 amide bonds. The second-order valence-electron chi connectivity index (χ2n) is 7.44. The molecule has 2 aromatic carbocycles. The highest BCUT2D eigenvalue weighted by atomic mass is 16.4. The lowest BCUT2D eigenvalue weighted by Crippen LogP contribution is -2.53. The lowest BCUT2D eigenvalue weighted by Gasteiger charge is -2.41. The first-order valence-corrected chi connectivity index (χ1v) is 9.60. The van der Waals surface area contributed by atoms with Crippen LogP contribution in [0.5, 0.6) is 0 Å². The predicted octanol–water partition coefficient (Wildman–Crippen LogP) is 3.41. The Morgan fingerprint density at radius 3 is 2.07 bits per heavy atom. The Morgan fingerprint density at radius 2 is 1.44 bits per heavy atom. The van der Waals surface area contributed by atoms with E-state index in [9.17, 15) is 14.7 Å². The molecule has 27 heavy (non-hydrogen) atoms. The number of nitrogens with one attached hydrogen (secondary N) is 1. The molecule has 5 nitrogen and oxygen atoms in total. The van der Waals surface area contributed by atoms with Gasteiger partial charge in [-0.3, -0.25) is 4.79 Å². The van der Waals surface area contributed by atoms with E-state index in [0.717, 1.165) is 12.8 Å². The van der Waals surface area contributed by atoms with Gasteiger partial charge in [0.05, 0.1) is 5.56 Å². The molecular formula is C22H24N2O3. The Bertz CT molecular complexity index is 852. The second-order valence-corrected chi connectivity index (χ2v) is 7.44. The fourth-order valence-corrected chi connectivity index (χ4v) is 4.19. The van der Waals surface area contributed by atoms with E-state index in [2.05, 4.69) is 10.2 Å². The summed E-state index contributed by atoms with van der Waals surface area (Å²) in [5.74, 6) is -1.12. The molecule has 1 aliphatic carbocycles. The molecular weight excluding hydrogens is 340 g/mol. The zero-order chi connectivity index (χ0) is 18.8. The van der Waals surface area contributed by atoms with Gasteiger partial charge >= 0.3 is 5.97 Å². The van der Waals surface area contributed by atoms with Crippen LogP contribution in [0.3, 0.4) is 0 Å². The van der Waals surface area contributed by atoms with Gasteiger partial charge in [-0.1, -0.05) is 36.4 Å². The smallest absolute Gasteiger partial charge is 0.336 e. The van der Waals surface area contributed by atoms with Gasteiger partial charge in [0.2, 0.25) is 0 Å². The summed E-state index contributed by atoms with van der Waals surface area (Å²) in [5.41, 5.74) is 1.95. The van der Waals surface area contributed by atoms with Crippen molar-refractivity contribution in [3.8, 4) is 11.1 Å². The molecule has 0 aromatic heterocycles. The average Bonchev–Trinajstić information content (AvgIpc) is 3.18. The monoisotopic (exact) mass is 364 g/mol. The number of aromatic carboxylic acids is 1. The Morgan fingerprint density at radius 1 is 0.889 bits per heavy atom. The highest BCUT2D eigenvalue weighted by Gasteiger charge is 2.35. The van der Waals surface area contributed by atoms with Crippen LogP contribution in [0, 0.1) is 0 Å². The number of hydrogen-bond acceptors (Lipinski definition) is 3. The van der Waals surface area contributed by atoms with E-state index in [1.807, 2.05) is 18.2 Å². The Hall–Kier alpha value is -2.66. The van der Waals surface area contributed by atoms with E-state index in [1.54, 1.807) is 30.3 Å². The molecule has 1 saturated heterocycles. The minimum atomic E-state index is -0.992. The largest absolute Gasteiger partial charge is 0.478 e. The summed E-state index contributed by atoms with van der Waals surface area (Å²) < 4.78 is 0. The normalized spacial score (nSPS) is 22.2. The van der Waals surface area contributed by atoms with Crippen molar-refractivity contribution in [1.82, 2.24) is 10.2 Å². The summed E-state index contributed by atoms with van der Waals surface area (Å²) >= 11 is 0. The number of nitrogens with zero attached hydrogens (tertiary/aromatic N) is 1. The van der Waals surface area contributed by atoms with Gasteiger partial charge in [0, 0.05) is 17.6 Å². The van der Waals surface area contributed by atoms with Crippen LogP contribution >= 0.6 is 0 Å². The summed E-state index contributed by atoms with van der Waals surface area (Å²) in [4.78, 5) is 27.0. The van der Waals surface area contributed by atoms with Gasteiger partial charge < -0.3 is 15.3 Å². The van der Waals surface area contributed by atoms with Crippen molar-refractivity contribution in [3.05, 3.63) is 59.7 Å². The van der Waals surface area contributed by atoms with E-state index >= 15 is 0 Å². The van der Waals surface area contributed by atoms with Crippen molar-refractivity contribution in [1.29, 1.82) is 0 Å². The second kappa shape index (κ2) is 7.53. The maximum absolute atomic E-state index is 12.9. The van der Waals surface area contributed by atoms with E-state index < -0.39 is 5.97 Å². The number of hydrogen-bond donors (Lipinski definition) is 2. The lowest BCUT2D eigenvalue weighted by molar-refractivity contribution is 0.0696. The van der Waals surface area contributed by atoms with E-state index in [0.29, 0.717) is 22.7 Å². The zero-order valence-corrected chi connectivity index (χ0v) is 15.2. The molecule has 0 atom stereocenters. The molecule has 2 aromatic rings. The number of carboxylic acids is 1. The maximum atomic E-state index is 12.9. The summed E-state index contributed by atoms with van der Waals surface area (Å²) in [6.45, 7) is 2.36. The molecule has 1 heterocycles. The molecule has 140 valence electrons. The predicted molar refractivity (Wildman–Crippen MR) is 104 cm³/mol. The van der Waals surface area contributed by atoms with Gasteiger partial charge in [-0.2, -0.15) is 0 Å². The lowest BCUT2D eigenvalue weighted by atomic mass is 9.85. The van der Waals surface area contributed by atoms with Crippen molar-refractivity contribution in [2.24, 2.45) is 0 Å². The fraction of sp³-hybridized carbons (Fsp3) is 0.364. The van der Waals surface area contributed by atoms with Crippen LogP contribution in [0.15, 0.2) is 48.5 Å². The SMILES string of the molecule is O=C(O)c1ccccc1-c1ccccc1C(=O)NC1CC(N2CCCC2)C1. The molecule has 0 unspecified atom stereocenters.